The second-order valence-electron chi connectivity index (χ2n) is 4.94. The van der Waals surface area contributed by atoms with Crippen LogP contribution in [0.15, 0.2) is 73.1 Å². The molecule has 5 nitrogen and oxygen atoms in total. The van der Waals surface area contributed by atoms with Crippen LogP contribution in [0.3, 0.4) is 0 Å². The third-order valence-electron chi connectivity index (χ3n) is 3.60. The molecule has 0 saturated carbocycles. The fraction of sp³-hybridized carbons (Fsp3) is 0.0588. The van der Waals surface area contributed by atoms with Gasteiger partial charge in [0.25, 0.3) is 5.91 Å². The summed E-state index contributed by atoms with van der Waals surface area (Å²) in [6.45, 7) is 0. The molecule has 3 aromatic rings. The molecule has 3 N–H and O–H groups in total. The maximum atomic E-state index is 11.9. The maximum absolute atomic E-state index is 11.9. The molecule has 0 bridgehead atoms. The van der Waals surface area contributed by atoms with Gasteiger partial charge in [-0.1, -0.05) is 42.5 Å². The molecular formula is C17H15N3O2. The van der Waals surface area contributed by atoms with Gasteiger partial charge >= 0.3 is 0 Å². The summed E-state index contributed by atoms with van der Waals surface area (Å²) in [6, 6.07) is 17.4. The quantitative estimate of drug-likeness (QED) is 0.766. The predicted molar refractivity (Wildman–Crippen MR) is 82.2 cm³/mol. The Morgan fingerprint density at radius 1 is 1.00 bits per heavy atom. The number of aliphatic hydroxyl groups is 1. The van der Waals surface area contributed by atoms with Gasteiger partial charge in [-0.3, -0.25) is 4.79 Å². The van der Waals surface area contributed by atoms with E-state index in [4.69, 9.17) is 5.73 Å². The predicted octanol–water partition coefficient (Wildman–Crippen LogP) is 1.59. The number of aromatic nitrogens is 2. The molecule has 1 heterocycles. The van der Waals surface area contributed by atoms with Crippen molar-refractivity contribution < 1.29 is 9.90 Å². The van der Waals surface area contributed by atoms with Gasteiger partial charge in [0.1, 0.15) is 0 Å². The summed E-state index contributed by atoms with van der Waals surface area (Å²) >= 11 is 0. The summed E-state index contributed by atoms with van der Waals surface area (Å²) in [6.07, 6.45) is 3.49. The van der Waals surface area contributed by atoms with E-state index < -0.39 is 11.5 Å². The van der Waals surface area contributed by atoms with Crippen LogP contribution in [-0.4, -0.2) is 20.8 Å². The van der Waals surface area contributed by atoms with E-state index in [0.29, 0.717) is 11.1 Å². The Morgan fingerprint density at radius 3 is 2.18 bits per heavy atom. The Balaban J connectivity index is 2.05. The molecule has 0 saturated heterocycles. The molecular weight excluding hydrogens is 278 g/mol. The zero-order valence-electron chi connectivity index (χ0n) is 11.8. The van der Waals surface area contributed by atoms with Crippen LogP contribution in [0.25, 0.3) is 5.69 Å². The smallest absolute Gasteiger partial charge is 0.258 e. The summed E-state index contributed by atoms with van der Waals surface area (Å²) in [5.74, 6) is -0.814. The Bertz CT molecular complexity index is 767. The van der Waals surface area contributed by atoms with E-state index in [9.17, 15) is 9.90 Å². The van der Waals surface area contributed by atoms with Crippen molar-refractivity contribution in [2.75, 3.05) is 0 Å². The molecule has 3 rings (SSSR count). The number of nitrogens with zero attached hydrogens (tertiary/aromatic N) is 2. The average molecular weight is 293 g/mol. The van der Waals surface area contributed by atoms with E-state index in [1.807, 2.05) is 18.3 Å². The highest BCUT2D eigenvalue weighted by molar-refractivity contribution is 5.88. The minimum Gasteiger partial charge on any atom is -0.372 e. The lowest BCUT2D eigenvalue weighted by atomic mass is 9.85. The van der Waals surface area contributed by atoms with Gasteiger partial charge in [0.15, 0.2) is 5.60 Å². The summed E-state index contributed by atoms with van der Waals surface area (Å²) in [7, 11) is 0. The Morgan fingerprint density at radius 2 is 1.64 bits per heavy atom. The summed E-state index contributed by atoms with van der Waals surface area (Å²) in [4.78, 5) is 11.9. The molecule has 0 spiro atoms. The molecule has 110 valence electrons. The van der Waals surface area contributed by atoms with E-state index in [1.54, 1.807) is 59.4 Å². The minimum atomic E-state index is -1.86. The number of amides is 1. The first-order valence-corrected chi connectivity index (χ1v) is 6.81. The summed E-state index contributed by atoms with van der Waals surface area (Å²) in [5, 5.41) is 15.0. The molecule has 5 heteroatoms. The van der Waals surface area contributed by atoms with Crippen molar-refractivity contribution in [3.05, 3.63) is 84.2 Å². The number of primary amides is 1. The molecule has 1 atom stereocenters. The third kappa shape index (κ3) is 2.27. The Hall–Kier alpha value is -2.92. The van der Waals surface area contributed by atoms with Gasteiger partial charge in [-0.2, -0.15) is 5.10 Å². The molecule has 1 amide bonds. The SMILES string of the molecule is NC(=O)C(O)(c1ccccc1)c1ccc(-n2cccn2)cc1. The minimum absolute atomic E-state index is 0.419. The van der Waals surface area contributed by atoms with Crippen molar-refractivity contribution >= 4 is 5.91 Å². The van der Waals surface area contributed by atoms with Gasteiger partial charge in [0, 0.05) is 12.4 Å². The van der Waals surface area contributed by atoms with Crippen LogP contribution in [0, 0.1) is 0 Å². The molecule has 0 radical (unpaired) electrons. The van der Waals surface area contributed by atoms with Crippen molar-refractivity contribution in [2.45, 2.75) is 5.60 Å². The van der Waals surface area contributed by atoms with Gasteiger partial charge in [0.2, 0.25) is 0 Å². The van der Waals surface area contributed by atoms with Gasteiger partial charge < -0.3 is 10.8 Å². The second-order valence-corrected chi connectivity index (χ2v) is 4.94. The van der Waals surface area contributed by atoms with Crippen molar-refractivity contribution in [1.82, 2.24) is 9.78 Å². The van der Waals surface area contributed by atoms with Crippen LogP contribution in [0.5, 0.6) is 0 Å². The van der Waals surface area contributed by atoms with E-state index in [0.717, 1.165) is 5.69 Å². The fourth-order valence-corrected chi connectivity index (χ4v) is 2.41. The zero-order valence-corrected chi connectivity index (χ0v) is 11.8. The van der Waals surface area contributed by atoms with Crippen LogP contribution in [0.1, 0.15) is 11.1 Å². The molecule has 0 aliphatic rings. The van der Waals surface area contributed by atoms with Crippen LogP contribution in [-0.2, 0) is 10.4 Å². The topological polar surface area (TPSA) is 81.1 Å². The molecule has 1 unspecified atom stereocenters. The normalized spacial score (nSPS) is 13.5. The first-order chi connectivity index (χ1) is 10.6. The first kappa shape index (κ1) is 14.0. The zero-order chi connectivity index (χ0) is 15.6. The second kappa shape index (κ2) is 5.46. The lowest BCUT2D eigenvalue weighted by Crippen LogP contribution is -2.42. The Kier molecular flexibility index (Phi) is 3.48. The highest BCUT2D eigenvalue weighted by Crippen LogP contribution is 2.29. The van der Waals surface area contributed by atoms with Crippen LogP contribution >= 0.6 is 0 Å². The van der Waals surface area contributed by atoms with Crippen molar-refractivity contribution in [3.63, 3.8) is 0 Å². The number of hydrogen-bond acceptors (Lipinski definition) is 3. The molecule has 22 heavy (non-hydrogen) atoms. The van der Waals surface area contributed by atoms with Crippen LogP contribution < -0.4 is 5.73 Å². The average Bonchev–Trinajstić information content (AvgIpc) is 3.09. The lowest BCUT2D eigenvalue weighted by Gasteiger charge is -2.25. The molecule has 0 aliphatic carbocycles. The number of rotatable bonds is 4. The first-order valence-electron chi connectivity index (χ1n) is 6.81. The fourth-order valence-electron chi connectivity index (χ4n) is 2.41. The molecule has 2 aromatic carbocycles. The van der Waals surface area contributed by atoms with Gasteiger partial charge in [0.05, 0.1) is 5.69 Å². The van der Waals surface area contributed by atoms with Crippen molar-refractivity contribution in [1.29, 1.82) is 0 Å². The van der Waals surface area contributed by atoms with Crippen LogP contribution in [0.2, 0.25) is 0 Å². The van der Waals surface area contributed by atoms with Gasteiger partial charge in [-0.15, -0.1) is 0 Å². The van der Waals surface area contributed by atoms with E-state index >= 15 is 0 Å². The third-order valence-corrected chi connectivity index (χ3v) is 3.60. The maximum Gasteiger partial charge on any atom is 0.258 e. The van der Waals surface area contributed by atoms with Crippen molar-refractivity contribution in [2.24, 2.45) is 5.73 Å². The number of carbonyl (C=O) groups is 1. The van der Waals surface area contributed by atoms with Crippen molar-refractivity contribution in [3.8, 4) is 5.69 Å². The standard InChI is InChI=1S/C17H15N3O2/c18-16(21)17(22,13-5-2-1-3-6-13)14-7-9-15(10-8-14)20-12-4-11-19-20/h1-12,22H,(H2,18,21). The highest BCUT2D eigenvalue weighted by atomic mass is 16.3. The molecule has 0 aliphatic heterocycles. The summed E-state index contributed by atoms with van der Waals surface area (Å²) in [5.41, 5.74) is 5.29. The summed E-state index contributed by atoms with van der Waals surface area (Å²) < 4.78 is 1.69. The number of benzene rings is 2. The largest absolute Gasteiger partial charge is 0.372 e. The van der Waals surface area contributed by atoms with Gasteiger partial charge in [-0.05, 0) is 29.3 Å². The number of carbonyl (C=O) groups excluding carboxylic acids is 1. The number of hydrogen-bond donors (Lipinski definition) is 2. The van der Waals surface area contributed by atoms with Crippen LogP contribution in [0.4, 0.5) is 0 Å². The Labute approximate surface area is 127 Å². The lowest BCUT2D eigenvalue weighted by molar-refractivity contribution is -0.133. The van der Waals surface area contributed by atoms with E-state index in [2.05, 4.69) is 5.10 Å². The molecule has 0 fully saturated rings. The highest BCUT2D eigenvalue weighted by Gasteiger charge is 2.37. The molecule has 1 aromatic heterocycles. The van der Waals surface area contributed by atoms with E-state index in [-0.39, 0.29) is 0 Å². The van der Waals surface area contributed by atoms with E-state index in [1.165, 1.54) is 0 Å². The monoisotopic (exact) mass is 293 g/mol. The number of nitrogens with two attached hydrogens (primary N) is 1. The van der Waals surface area contributed by atoms with Gasteiger partial charge in [-0.25, -0.2) is 4.68 Å².